The van der Waals surface area contributed by atoms with E-state index in [-0.39, 0.29) is 6.17 Å². The van der Waals surface area contributed by atoms with Gasteiger partial charge in [-0.05, 0) is 49.6 Å². The van der Waals surface area contributed by atoms with Gasteiger partial charge in [0.15, 0.2) is 0 Å². The van der Waals surface area contributed by atoms with E-state index in [4.69, 9.17) is 4.98 Å². The smallest absolute Gasteiger partial charge is 0.108 e. The third kappa shape index (κ3) is 2.64. The van der Waals surface area contributed by atoms with Crippen LogP contribution in [0.4, 0.5) is 22.7 Å². The molecule has 0 aliphatic carbocycles. The monoisotopic (exact) mass is 343 g/mol. The summed E-state index contributed by atoms with van der Waals surface area (Å²) in [6.07, 6.45) is 2.21. The number of hydrogen-bond donors (Lipinski definition) is 0. The first-order valence-electron chi connectivity index (χ1n) is 9.27. The number of para-hydroxylation sites is 2. The Balaban J connectivity index is 1.92. The number of anilines is 4. The molecule has 0 saturated heterocycles. The van der Waals surface area contributed by atoms with E-state index in [1.54, 1.807) is 0 Å². The Bertz CT molecular complexity index is 918. The Hall–Kier alpha value is -2.81. The normalized spacial score (nSPS) is 16.3. The van der Waals surface area contributed by atoms with Crippen molar-refractivity contribution >= 4 is 22.7 Å². The number of aryl methyl sites for hydroxylation is 1. The second-order valence-electron chi connectivity index (χ2n) is 7.25. The molecule has 3 nitrogen and oxygen atoms in total. The van der Waals surface area contributed by atoms with Crippen molar-refractivity contribution in [2.24, 2.45) is 0 Å². The summed E-state index contributed by atoms with van der Waals surface area (Å²) < 4.78 is 0. The van der Waals surface area contributed by atoms with Gasteiger partial charge >= 0.3 is 0 Å². The van der Waals surface area contributed by atoms with Crippen LogP contribution in [0.3, 0.4) is 0 Å². The fourth-order valence-corrected chi connectivity index (χ4v) is 3.77. The van der Waals surface area contributed by atoms with Crippen molar-refractivity contribution in [1.82, 2.24) is 4.98 Å². The number of aromatic nitrogens is 1. The summed E-state index contributed by atoms with van der Waals surface area (Å²) in [6, 6.07) is 21.4. The van der Waals surface area contributed by atoms with Crippen molar-refractivity contribution in [2.75, 3.05) is 9.80 Å². The van der Waals surface area contributed by atoms with Crippen LogP contribution in [-0.4, -0.2) is 11.1 Å². The van der Waals surface area contributed by atoms with Crippen molar-refractivity contribution in [1.29, 1.82) is 0 Å². The summed E-state index contributed by atoms with van der Waals surface area (Å²) in [5, 5.41) is 0. The maximum atomic E-state index is 4.74. The first-order chi connectivity index (χ1) is 12.6. The van der Waals surface area contributed by atoms with Gasteiger partial charge in [-0.3, -0.25) is 4.98 Å². The zero-order valence-corrected chi connectivity index (χ0v) is 15.8. The van der Waals surface area contributed by atoms with Crippen molar-refractivity contribution in [3.8, 4) is 0 Å². The Labute approximate surface area is 155 Å². The van der Waals surface area contributed by atoms with Crippen molar-refractivity contribution in [3.05, 3.63) is 78.1 Å². The molecule has 4 rings (SSSR count). The lowest BCUT2D eigenvalue weighted by Crippen LogP contribution is -2.35. The van der Waals surface area contributed by atoms with E-state index in [9.17, 15) is 0 Å². The molecule has 132 valence electrons. The molecule has 0 bridgehead atoms. The Morgan fingerprint density at radius 2 is 1.54 bits per heavy atom. The molecule has 1 aliphatic heterocycles. The van der Waals surface area contributed by atoms with Gasteiger partial charge in [-0.2, -0.15) is 0 Å². The molecule has 0 spiro atoms. The average molecular weight is 343 g/mol. The summed E-state index contributed by atoms with van der Waals surface area (Å²) in [6.45, 7) is 8.83. The lowest BCUT2D eigenvalue weighted by atomic mass is 10.1. The fraction of sp³-hybridized carbons (Fsp3) is 0.261. The zero-order valence-electron chi connectivity index (χ0n) is 15.8. The molecule has 3 aromatic rings. The van der Waals surface area contributed by atoms with Gasteiger partial charge in [0.05, 0.1) is 17.6 Å². The van der Waals surface area contributed by atoms with Crippen LogP contribution in [0.2, 0.25) is 0 Å². The van der Waals surface area contributed by atoms with Gasteiger partial charge in [-0.25, -0.2) is 0 Å². The largest absolute Gasteiger partial charge is 0.318 e. The molecule has 0 amide bonds. The van der Waals surface area contributed by atoms with Gasteiger partial charge in [-0.1, -0.05) is 50.2 Å². The molecular formula is C23H25N3. The molecule has 1 atom stereocenters. The number of rotatable bonds is 3. The van der Waals surface area contributed by atoms with Crippen LogP contribution in [0.1, 0.15) is 37.9 Å². The van der Waals surface area contributed by atoms with Crippen LogP contribution in [0.15, 0.2) is 66.9 Å². The lowest BCUT2D eigenvalue weighted by molar-refractivity contribution is 0.759. The molecule has 0 saturated carbocycles. The molecule has 1 aromatic heterocycles. The van der Waals surface area contributed by atoms with Crippen molar-refractivity contribution in [2.45, 2.75) is 39.8 Å². The summed E-state index contributed by atoms with van der Waals surface area (Å²) in [4.78, 5) is 9.55. The molecule has 26 heavy (non-hydrogen) atoms. The van der Waals surface area contributed by atoms with Crippen LogP contribution in [-0.2, 0) is 0 Å². The van der Waals surface area contributed by atoms with Gasteiger partial charge in [0.1, 0.15) is 6.17 Å². The summed E-state index contributed by atoms with van der Waals surface area (Å²) in [5.41, 5.74) is 7.25. The minimum Gasteiger partial charge on any atom is -0.318 e. The Morgan fingerprint density at radius 3 is 2.23 bits per heavy atom. The Morgan fingerprint density at radius 1 is 0.846 bits per heavy atom. The first kappa shape index (κ1) is 16.6. The Kier molecular flexibility index (Phi) is 4.15. The molecule has 2 heterocycles. The van der Waals surface area contributed by atoms with E-state index < -0.39 is 0 Å². The van der Waals surface area contributed by atoms with Gasteiger partial charge in [0.2, 0.25) is 0 Å². The van der Waals surface area contributed by atoms with Gasteiger partial charge in [-0.15, -0.1) is 0 Å². The van der Waals surface area contributed by atoms with Crippen LogP contribution < -0.4 is 9.80 Å². The van der Waals surface area contributed by atoms with E-state index in [1.807, 2.05) is 6.20 Å². The number of pyridine rings is 1. The topological polar surface area (TPSA) is 19.4 Å². The minimum absolute atomic E-state index is 0.178. The molecule has 2 aromatic carbocycles. The maximum Gasteiger partial charge on any atom is 0.108 e. The molecule has 0 radical (unpaired) electrons. The third-order valence-corrected chi connectivity index (χ3v) is 5.15. The van der Waals surface area contributed by atoms with Crippen molar-refractivity contribution in [3.63, 3.8) is 0 Å². The standard InChI is InChI=1S/C23H25N3/c1-16(2)20-14-22-23(15-24-20)25(19-11-6-5-7-12-19)18(4)26(22)21-13-9-8-10-17(21)3/h5-16,18H,1-4H3/t18-/m0/s1. The van der Waals surface area contributed by atoms with Crippen molar-refractivity contribution < 1.29 is 0 Å². The first-order valence-corrected chi connectivity index (χ1v) is 9.27. The molecule has 0 fully saturated rings. The van der Waals surface area contributed by atoms with E-state index in [0.29, 0.717) is 5.92 Å². The van der Waals surface area contributed by atoms with E-state index >= 15 is 0 Å². The lowest BCUT2D eigenvalue weighted by Gasteiger charge is -2.31. The second kappa shape index (κ2) is 6.49. The van der Waals surface area contributed by atoms with E-state index in [2.05, 4.69) is 98.2 Å². The minimum atomic E-state index is 0.178. The fourth-order valence-electron chi connectivity index (χ4n) is 3.77. The SMILES string of the molecule is Cc1ccccc1N1c2cc(C(C)C)ncc2N(c2ccccc2)[C@@H]1C. The highest BCUT2D eigenvalue weighted by Gasteiger charge is 2.36. The average Bonchev–Trinajstić information content (AvgIpc) is 2.94. The molecular weight excluding hydrogens is 318 g/mol. The van der Waals surface area contributed by atoms with E-state index in [1.165, 1.54) is 22.6 Å². The van der Waals surface area contributed by atoms with Crippen LogP contribution in [0, 0.1) is 6.92 Å². The number of nitrogens with zero attached hydrogens (tertiary/aromatic N) is 3. The summed E-state index contributed by atoms with van der Waals surface area (Å²) in [7, 11) is 0. The zero-order chi connectivity index (χ0) is 18.3. The maximum absolute atomic E-state index is 4.74. The second-order valence-corrected chi connectivity index (χ2v) is 7.25. The van der Waals surface area contributed by atoms with Gasteiger partial charge < -0.3 is 9.80 Å². The summed E-state index contributed by atoms with van der Waals surface area (Å²) in [5.74, 6) is 0.403. The van der Waals surface area contributed by atoms with Crippen LogP contribution >= 0.6 is 0 Å². The molecule has 3 heteroatoms. The van der Waals surface area contributed by atoms with Gasteiger partial charge in [0.25, 0.3) is 0 Å². The van der Waals surface area contributed by atoms with Crippen LogP contribution in [0.5, 0.6) is 0 Å². The van der Waals surface area contributed by atoms with E-state index in [0.717, 1.165) is 11.4 Å². The van der Waals surface area contributed by atoms with Crippen LogP contribution in [0.25, 0.3) is 0 Å². The number of hydrogen-bond acceptors (Lipinski definition) is 3. The summed E-state index contributed by atoms with van der Waals surface area (Å²) >= 11 is 0. The molecule has 1 aliphatic rings. The molecule has 0 N–H and O–H groups in total. The molecule has 0 unspecified atom stereocenters. The third-order valence-electron chi connectivity index (χ3n) is 5.15. The highest BCUT2D eigenvalue weighted by molar-refractivity contribution is 5.88. The highest BCUT2D eigenvalue weighted by atomic mass is 15.4. The highest BCUT2D eigenvalue weighted by Crippen LogP contribution is 2.48. The van der Waals surface area contributed by atoms with Gasteiger partial charge in [0, 0.05) is 17.1 Å². The predicted octanol–water partition coefficient (Wildman–Crippen LogP) is 6.15. The quantitative estimate of drug-likeness (QED) is 0.568. The number of benzene rings is 2. The predicted molar refractivity (Wildman–Crippen MR) is 110 cm³/mol. The number of fused-ring (bicyclic) bond motifs is 1.